The van der Waals surface area contributed by atoms with Crippen molar-refractivity contribution in [3.8, 4) is 0 Å². The van der Waals surface area contributed by atoms with Crippen molar-refractivity contribution in [3.63, 3.8) is 0 Å². The molecule has 1 heterocycles. The van der Waals surface area contributed by atoms with E-state index in [0.717, 1.165) is 4.90 Å². The molecule has 1 fully saturated rings. The molecule has 5 heteroatoms. The van der Waals surface area contributed by atoms with E-state index in [1.54, 1.807) is 0 Å². The number of nitrogens with two attached hydrogens (primary N) is 1. The topological polar surface area (TPSA) is 46.3 Å². The van der Waals surface area contributed by atoms with Crippen molar-refractivity contribution < 1.29 is 13.6 Å². The SMILES string of the molecule is CC(C)CC(N)C(=O)N1CC(F)(F)C1. The van der Waals surface area contributed by atoms with Crippen LogP contribution < -0.4 is 5.73 Å². The van der Waals surface area contributed by atoms with E-state index in [1.165, 1.54) is 0 Å². The molecule has 0 bridgehead atoms. The van der Waals surface area contributed by atoms with Crippen LogP contribution in [0, 0.1) is 5.92 Å². The normalized spacial score (nSPS) is 22.0. The van der Waals surface area contributed by atoms with E-state index in [-0.39, 0.29) is 5.91 Å². The first-order valence-electron chi connectivity index (χ1n) is 4.74. The Labute approximate surface area is 82.2 Å². The first-order valence-corrected chi connectivity index (χ1v) is 4.74. The second-order valence-corrected chi connectivity index (χ2v) is 4.29. The van der Waals surface area contributed by atoms with Gasteiger partial charge < -0.3 is 10.6 Å². The van der Waals surface area contributed by atoms with Crippen LogP contribution in [0.25, 0.3) is 0 Å². The Morgan fingerprint density at radius 3 is 2.36 bits per heavy atom. The van der Waals surface area contributed by atoms with Crippen molar-refractivity contribution in [2.75, 3.05) is 13.1 Å². The molecule has 0 spiro atoms. The van der Waals surface area contributed by atoms with E-state index in [2.05, 4.69) is 0 Å². The number of likely N-dealkylation sites (tertiary alicyclic amines) is 1. The van der Waals surface area contributed by atoms with Gasteiger partial charge in [-0.25, -0.2) is 8.78 Å². The van der Waals surface area contributed by atoms with E-state index in [9.17, 15) is 13.6 Å². The van der Waals surface area contributed by atoms with Crippen molar-refractivity contribution in [3.05, 3.63) is 0 Å². The largest absolute Gasteiger partial charge is 0.329 e. The molecule has 0 aromatic carbocycles. The molecule has 1 amide bonds. The number of halogens is 2. The van der Waals surface area contributed by atoms with E-state index >= 15 is 0 Å². The van der Waals surface area contributed by atoms with Crippen LogP contribution in [0.1, 0.15) is 20.3 Å². The lowest BCUT2D eigenvalue weighted by molar-refractivity contribution is -0.167. The monoisotopic (exact) mass is 206 g/mol. The van der Waals surface area contributed by atoms with Crippen LogP contribution in [-0.2, 0) is 4.79 Å². The minimum Gasteiger partial charge on any atom is -0.329 e. The summed E-state index contributed by atoms with van der Waals surface area (Å²) in [6.07, 6.45) is 0.543. The molecule has 1 saturated heterocycles. The Morgan fingerprint density at radius 1 is 1.50 bits per heavy atom. The molecule has 3 nitrogen and oxygen atoms in total. The third-order valence-corrected chi connectivity index (χ3v) is 2.20. The average Bonchev–Trinajstić information content (AvgIpc) is 1.97. The maximum atomic E-state index is 12.4. The number of carbonyl (C=O) groups excluding carboxylic acids is 1. The number of hydrogen-bond donors (Lipinski definition) is 1. The Bertz CT molecular complexity index is 216. The van der Waals surface area contributed by atoms with Crippen LogP contribution >= 0.6 is 0 Å². The molecule has 0 aromatic rings. The van der Waals surface area contributed by atoms with Crippen molar-refractivity contribution in [2.24, 2.45) is 11.7 Å². The molecule has 0 radical (unpaired) electrons. The smallest absolute Gasteiger partial charge is 0.282 e. The molecular weight excluding hydrogens is 190 g/mol. The highest BCUT2D eigenvalue weighted by Gasteiger charge is 2.47. The van der Waals surface area contributed by atoms with Gasteiger partial charge in [-0.3, -0.25) is 4.79 Å². The van der Waals surface area contributed by atoms with Gasteiger partial charge in [-0.05, 0) is 12.3 Å². The highest BCUT2D eigenvalue weighted by Crippen LogP contribution is 2.27. The van der Waals surface area contributed by atoms with Gasteiger partial charge in [-0.15, -0.1) is 0 Å². The van der Waals surface area contributed by atoms with E-state index in [0.29, 0.717) is 12.3 Å². The Kier molecular flexibility index (Phi) is 3.09. The molecule has 14 heavy (non-hydrogen) atoms. The lowest BCUT2D eigenvalue weighted by Gasteiger charge is -2.40. The number of carbonyl (C=O) groups is 1. The zero-order chi connectivity index (χ0) is 10.9. The standard InChI is InChI=1S/C9H16F2N2O/c1-6(2)3-7(12)8(14)13-4-9(10,11)5-13/h6-7H,3-5,12H2,1-2H3. The number of rotatable bonds is 3. The first kappa shape index (κ1) is 11.4. The van der Waals surface area contributed by atoms with Crippen LogP contribution in [0.4, 0.5) is 8.78 Å². The maximum absolute atomic E-state index is 12.4. The Morgan fingerprint density at radius 2 is 2.00 bits per heavy atom. The molecule has 0 aromatic heterocycles. The van der Waals surface area contributed by atoms with Crippen molar-refractivity contribution in [2.45, 2.75) is 32.2 Å². The summed E-state index contributed by atoms with van der Waals surface area (Å²) in [6.45, 7) is 2.94. The third kappa shape index (κ3) is 2.64. The first-order chi connectivity index (χ1) is 6.32. The van der Waals surface area contributed by atoms with E-state index < -0.39 is 25.1 Å². The summed E-state index contributed by atoms with van der Waals surface area (Å²) in [5.74, 6) is -2.76. The maximum Gasteiger partial charge on any atom is 0.282 e. The number of alkyl halides is 2. The molecule has 82 valence electrons. The van der Waals surface area contributed by atoms with Crippen LogP contribution in [0.5, 0.6) is 0 Å². The van der Waals surface area contributed by atoms with Gasteiger partial charge in [0.25, 0.3) is 5.92 Å². The lowest BCUT2D eigenvalue weighted by Crippen LogP contribution is -2.61. The van der Waals surface area contributed by atoms with Crippen molar-refractivity contribution in [1.82, 2.24) is 4.90 Å². The molecular formula is C9H16F2N2O. The van der Waals surface area contributed by atoms with Gasteiger partial charge >= 0.3 is 0 Å². The summed E-state index contributed by atoms with van der Waals surface area (Å²) < 4.78 is 24.9. The average molecular weight is 206 g/mol. The third-order valence-electron chi connectivity index (χ3n) is 2.20. The molecule has 1 rings (SSSR count). The zero-order valence-corrected chi connectivity index (χ0v) is 8.46. The summed E-state index contributed by atoms with van der Waals surface area (Å²) >= 11 is 0. The Balaban J connectivity index is 2.36. The van der Waals surface area contributed by atoms with Gasteiger partial charge in [-0.1, -0.05) is 13.8 Å². The second-order valence-electron chi connectivity index (χ2n) is 4.29. The fraction of sp³-hybridized carbons (Fsp3) is 0.889. The van der Waals surface area contributed by atoms with E-state index in [4.69, 9.17) is 5.73 Å². The lowest BCUT2D eigenvalue weighted by atomic mass is 10.0. The summed E-state index contributed by atoms with van der Waals surface area (Å²) in [5.41, 5.74) is 5.58. The zero-order valence-electron chi connectivity index (χ0n) is 8.46. The van der Waals surface area contributed by atoms with Crippen molar-refractivity contribution >= 4 is 5.91 Å². The second kappa shape index (κ2) is 3.81. The molecule has 1 atom stereocenters. The molecule has 1 aliphatic heterocycles. The van der Waals surface area contributed by atoms with Gasteiger partial charge in [0.15, 0.2) is 0 Å². The highest BCUT2D eigenvalue weighted by molar-refractivity contribution is 5.82. The quantitative estimate of drug-likeness (QED) is 0.743. The minimum atomic E-state index is -2.70. The summed E-state index contributed by atoms with van der Waals surface area (Å²) in [4.78, 5) is 12.5. The van der Waals surface area contributed by atoms with Crippen LogP contribution in [0.2, 0.25) is 0 Å². The van der Waals surface area contributed by atoms with Gasteiger partial charge in [0.1, 0.15) is 0 Å². The van der Waals surface area contributed by atoms with Gasteiger partial charge in [0.05, 0.1) is 19.1 Å². The number of amides is 1. The molecule has 0 aliphatic carbocycles. The van der Waals surface area contributed by atoms with Gasteiger partial charge in [0.2, 0.25) is 5.91 Å². The fourth-order valence-corrected chi connectivity index (χ4v) is 1.51. The number of nitrogens with zero attached hydrogens (tertiary/aromatic N) is 1. The van der Waals surface area contributed by atoms with Crippen LogP contribution in [-0.4, -0.2) is 35.9 Å². The summed E-state index contributed by atoms with van der Waals surface area (Å²) in [6, 6.07) is -0.633. The summed E-state index contributed by atoms with van der Waals surface area (Å²) in [7, 11) is 0. The Hall–Kier alpha value is -0.710. The molecule has 2 N–H and O–H groups in total. The van der Waals surface area contributed by atoms with E-state index in [1.807, 2.05) is 13.8 Å². The van der Waals surface area contributed by atoms with Crippen LogP contribution in [0.15, 0.2) is 0 Å². The van der Waals surface area contributed by atoms with Crippen LogP contribution in [0.3, 0.4) is 0 Å². The number of hydrogen-bond acceptors (Lipinski definition) is 2. The molecule has 0 saturated carbocycles. The highest BCUT2D eigenvalue weighted by atomic mass is 19.3. The van der Waals surface area contributed by atoms with Crippen molar-refractivity contribution in [1.29, 1.82) is 0 Å². The summed E-state index contributed by atoms with van der Waals surface area (Å²) in [5, 5.41) is 0. The van der Waals surface area contributed by atoms with Gasteiger partial charge in [-0.2, -0.15) is 0 Å². The minimum absolute atomic E-state index is 0.302. The molecule has 1 aliphatic rings. The predicted molar refractivity (Wildman–Crippen MR) is 49.0 cm³/mol. The molecule has 1 unspecified atom stereocenters. The van der Waals surface area contributed by atoms with Gasteiger partial charge in [0, 0.05) is 0 Å². The fourth-order valence-electron chi connectivity index (χ4n) is 1.51. The predicted octanol–water partition coefficient (Wildman–Crippen LogP) is 0.837.